The van der Waals surface area contributed by atoms with E-state index in [0.29, 0.717) is 0 Å². The molecule has 49 heavy (non-hydrogen) atoms. The van der Waals surface area contributed by atoms with E-state index in [-0.39, 0.29) is 0 Å². The highest BCUT2D eigenvalue weighted by Gasteiger charge is 2.15. The molecule has 0 unspecified atom stereocenters. The van der Waals surface area contributed by atoms with Gasteiger partial charge in [0, 0.05) is 28.1 Å². The summed E-state index contributed by atoms with van der Waals surface area (Å²) < 4.78 is 0. The van der Waals surface area contributed by atoms with Gasteiger partial charge in [0.1, 0.15) is 0 Å². The lowest BCUT2D eigenvalue weighted by Gasteiger charge is -2.13. The van der Waals surface area contributed by atoms with E-state index < -0.39 is 0 Å². The summed E-state index contributed by atoms with van der Waals surface area (Å²) in [5.41, 5.74) is 13.5. The zero-order valence-electron chi connectivity index (χ0n) is 27.2. The molecule has 0 N–H and O–H groups in total. The van der Waals surface area contributed by atoms with Gasteiger partial charge in [-0.1, -0.05) is 140 Å². The van der Waals surface area contributed by atoms with Crippen LogP contribution in [0.1, 0.15) is 12.5 Å². The van der Waals surface area contributed by atoms with E-state index in [2.05, 4.69) is 129 Å². The quantitative estimate of drug-likeness (QED) is 0.130. The van der Waals surface area contributed by atoms with Crippen LogP contribution in [-0.2, 0) is 0 Å². The number of pyridine rings is 1. The number of para-hydroxylation sites is 2. The van der Waals surface area contributed by atoms with Crippen molar-refractivity contribution in [1.82, 2.24) is 15.0 Å². The van der Waals surface area contributed by atoms with E-state index in [0.717, 1.165) is 66.5 Å². The molecule has 3 heteroatoms. The van der Waals surface area contributed by atoms with Gasteiger partial charge in [0.15, 0.2) is 0 Å². The molecule has 0 fully saturated rings. The number of allylic oxidation sites excluding steroid dienone is 5. The van der Waals surface area contributed by atoms with Crippen LogP contribution in [0.4, 0.5) is 0 Å². The Kier molecular flexibility index (Phi) is 7.93. The third-order valence-electron chi connectivity index (χ3n) is 9.05. The van der Waals surface area contributed by atoms with E-state index in [1.807, 2.05) is 48.7 Å². The minimum Gasteiger partial charge on any atom is -0.256 e. The molecular weight excluding hydrogens is 595 g/mol. The van der Waals surface area contributed by atoms with Crippen LogP contribution < -0.4 is 0 Å². The first-order chi connectivity index (χ1) is 24.2. The van der Waals surface area contributed by atoms with Gasteiger partial charge in [0.2, 0.25) is 0 Å². The Bertz CT molecular complexity index is 2570. The number of fused-ring (bicyclic) bond motifs is 4. The fourth-order valence-corrected chi connectivity index (χ4v) is 6.53. The summed E-state index contributed by atoms with van der Waals surface area (Å²) in [6.45, 7) is 5.87. The molecule has 0 radical (unpaired) electrons. The molecule has 3 nitrogen and oxygen atoms in total. The molecule has 2 heterocycles. The molecule has 0 spiro atoms. The van der Waals surface area contributed by atoms with Crippen molar-refractivity contribution < 1.29 is 0 Å². The van der Waals surface area contributed by atoms with Crippen LogP contribution in [0.5, 0.6) is 0 Å². The number of nitrogens with zero attached hydrogens (tertiary/aromatic N) is 3. The molecule has 8 rings (SSSR count). The van der Waals surface area contributed by atoms with E-state index in [9.17, 15) is 0 Å². The van der Waals surface area contributed by atoms with Crippen LogP contribution in [-0.4, -0.2) is 15.0 Å². The molecular formula is C46H33N3. The maximum atomic E-state index is 5.19. The van der Waals surface area contributed by atoms with Crippen LogP contribution >= 0.6 is 0 Å². The van der Waals surface area contributed by atoms with E-state index >= 15 is 0 Å². The highest BCUT2D eigenvalue weighted by Crippen LogP contribution is 2.37. The molecule has 0 saturated heterocycles. The molecule has 6 aromatic carbocycles. The second-order valence-electron chi connectivity index (χ2n) is 12.2. The summed E-state index contributed by atoms with van der Waals surface area (Å²) in [7, 11) is 0. The van der Waals surface area contributed by atoms with Crippen molar-refractivity contribution in [3.05, 3.63) is 182 Å². The van der Waals surface area contributed by atoms with Crippen molar-refractivity contribution in [2.75, 3.05) is 0 Å². The van der Waals surface area contributed by atoms with Crippen molar-refractivity contribution in [2.45, 2.75) is 6.92 Å². The second-order valence-corrected chi connectivity index (χ2v) is 12.2. The maximum Gasteiger partial charge on any atom is 0.0973 e. The largest absolute Gasteiger partial charge is 0.256 e. The number of benzene rings is 6. The molecule has 0 aliphatic carbocycles. The monoisotopic (exact) mass is 627 g/mol. The first-order valence-electron chi connectivity index (χ1n) is 16.5. The first-order valence-corrected chi connectivity index (χ1v) is 16.5. The average Bonchev–Trinajstić information content (AvgIpc) is 3.17. The highest BCUT2D eigenvalue weighted by atomic mass is 14.8. The first kappa shape index (κ1) is 29.9. The van der Waals surface area contributed by atoms with Crippen molar-refractivity contribution >= 4 is 38.3 Å². The van der Waals surface area contributed by atoms with Gasteiger partial charge in [-0.2, -0.15) is 0 Å². The van der Waals surface area contributed by atoms with Crippen LogP contribution in [0.15, 0.2) is 177 Å². The molecule has 0 atom stereocenters. The normalized spacial score (nSPS) is 11.9. The summed E-state index contributed by atoms with van der Waals surface area (Å²) in [6.07, 6.45) is 9.68. The molecule has 0 saturated carbocycles. The lowest BCUT2D eigenvalue weighted by molar-refractivity contribution is 1.29. The van der Waals surface area contributed by atoms with Gasteiger partial charge in [-0.25, -0.2) is 9.97 Å². The lowest BCUT2D eigenvalue weighted by Crippen LogP contribution is -1.96. The Morgan fingerprint density at radius 1 is 0.551 bits per heavy atom. The fraction of sp³-hybridized carbons (Fsp3) is 0.0217. The number of hydrogen-bond acceptors (Lipinski definition) is 3. The Morgan fingerprint density at radius 2 is 1.22 bits per heavy atom. The topological polar surface area (TPSA) is 38.7 Å². The maximum absolute atomic E-state index is 5.19. The number of hydrogen-bond donors (Lipinski definition) is 0. The SMILES string of the molecule is C=C/C=C\C=C(/C)c1ccc(-c2nc3ccccc3nc2-c2cccc(-c3cccc(-c4cccc5c4ccc4cccnc45)c3)c2)cc1. The van der Waals surface area contributed by atoms with Gasteiger partial charge in [-0.05, 0) is 76.0 Å². The molecule has 0 aliphatic heterocycles. The predicted molar refractivity (Wildman–Crippen MR) is 207 cm³/mol. The van der Waals surface area contributed by atoms with Crippen LogP contribution in [0.25, 0.3) is 83.1 Å². The number of rotatable bonds is 7. The van der Waals surface area contributed by atoms with Crippen LogP contribution in [0.2, 0.25) is 0 Å². The standard InChI is InChI=1S/C46H33N3/c1-3-4-5-12-31(2)32-22-24-34(25-23-32)45-46(49-43-21-7-6-20-42(43)48-45)38-16-9-14-36(30-38)35-13-8-15-37(29-35)39-18-10-19-41-40(39)27-26-33-17-11-28-47-44(33)41/h3-30H,1H2,2H3/b5-4-,31-12+. The van der Waals surface area contributed by atoms with Crippen LogP contribution in [0, 0.1) is 0 Å². The third kappa shape index (κ3) is 5.83. The zero-order chi connectivity index (χ0) is 33.2. The number of aromatic nitrogens is 3. The van der Waals surface area contributed by atoms with Crippen molar-refractivity contribution in [2.24, 2.45) is 0 Å². The highest BCUT2D eigenvalue weighted by molar-refractivity contribution is 6.10. The van der Waals surface area contributed by atoms with Gasteiger partial charge in [-0.15, -0.1) is 0 Å². The summed E-state index contributed by atoms with van der Waals surface area (Å²) in [5.74, 6) is 0. The zero-order valence-corrected chi connectivity index (χ0v) is 27.2. The Hall–Kier alpha value is -6.45. The van der Waals surface area contributed by atoms with Crippen molar-refractivity contribution in [3.63, 3.8) is 0 Å². The lowest BCUT2D eigenvalue weighted by atomic mass is 9.93. The summed E-state index contributed by atoms with van der Waals surface area (Å²) >= 11 is 0. The summed E-state index contributed by atoms with van der Waals surface area (Å²) in [4.78, 5) is 15.1. The average molecular weight is 628 g/mol. The molecule has 0 aliphatic rings. The van der Waals surface area contributed by atoms with Crippen molar-refractivity contribution in [3.8, 4) is 44.8 Å². The van der Waals surface area contributed by atoms with Gasteiger partial charge in [0.05, 0.1) is 27.9 Å². The molecule has 2 aromatic heterocycles. The Labute approximate surface area is 286 Å². The second kappa shape index (κ2) is 13.0. The Morgan fingerprint density at radius 3 is 1.98 bits per heavy atom. The van der Waals surface area contributed by atoms with Crippen molar-refractivity contribution in [1.29, 1.82) is 0 Å². The smallest absolute Gasteiger partial charge is 0.0973 e. The minimum atomic E-state index is 0.860. The summed E-state index contributed by atoms with van der Waals surface area (Å²) in [5, 5.41) is 3.50. The molecule has 0 bridgehead atoms. The van der Waals surface area contributed by atoms with E-state index in [1.165, 1.54) is 22.1 Å². The third-order valence-corrected chi connectivity index (χ3v) is 9.05. The van der Waals surface area contributed by atoms with E-state index in [1.54, 1.807) is 6.08 Å². The molecule has 0 amide bonds. The van der Waals surface area contributed by atoms with Gasteiger partial charge in [0.25, 0.3) is 0 Å². The summed E-state index contributed by atoms with van der Waals surface area (Å²) in [6, 6.07) is 49.1. The van der Waals surface area contributed by atoms with Gasteiger partial charge >= 0.3 is 0 Å². The van der Waals surface area contributed by atoms with Crippen LogP contribution in [0.3, 0.4) is 0 Å². The fourth-order valence-electron chi connectivity index (χ4n) is 6.53. The minimum absolute atomic E-state index is 0.860. The molecule has 8 aromatic rings. The molecule has 232 valence electrons. The predicted octanol–water partition coefficient (Wildman–Crippen LogP) is 12.1. The Balaban J connectivity index is 1.21. The van der Waals surface area contributed by atoms with Gasteiger partial charge < -0.3 is 0 Å². The van der Waals surface area contributed by atoms with Gasteiger partial charge in [-0.3, -0.25) is 4.98 Å². The van der Waals surface area contributed by atoms with E-state index in [4.69, 9.17) is 15.0 Å².